The predicted octanol–water partition coefficient (Wildman–Crippen LogP) is 3.80. The molecular weight excluding hydrogens is 326 g/mol. The Morgan fingerprint density at radius 1 is 1.19 bits per heavy atom. The molecule has 1 aromatic carbocycles. The zero-order chi connectivity index (χ0) is 18.8. The number of carbonyl (C=O) groups is 1. The van der Waals surface area contributed by atoms with Crippen molar-refractivity contribution in [2.75, 3.05) is 19.6 Å². The molecular formula is C21H23N3O2. The maximum Gasteiger partial charge on any atom is 0.191 e. The van der Waals surface area contributed by atoms with E-state index in [0.717, 1.165) is 42.3 Å². The maximum atomic E-state index is 12.5. The summed E-state index contributed by atoms with van der Waals surface area (Å²) < 4.78 is 14.1. The topological polar surface area (TPSA) is 59.2 Å². The third-order valence-electron chi connectivity index (χ3n) is 4.81. The van der Waals surface area contributed by atoms with Crippen molar-refractivity contribution in [2.24, 2.45) is 0 Å². The maximum absolute atomic E-state index is 12.5. The molecule has 0 unspecified atom stereocenters. The number of Topliss-reactive ketones (excluding diaryl/α,β-unsaturated/α-hetero) is 1. The highest BCUT2D eigenvalue weighted by Gasteiger charge is 2.15. The molecule has 0 aliphatic carbocycles. The Morgan fingerprint density at radius 2 is 2.04 bits per heavy atom. The number of nitrogens with zero attached hydrogens (tertiary/aromatic N) is 3. The largest absolute Gasteiger partial charge is 0.441 e. The van der Waals surface area contributed by atoms with Crippen LogP contribution in [-0.4, -0.2) is 40.3 Å². The minimum atomic E-state index is 0.124. The number of carbonyl (C=O) groups excluding carboxylic acids is 1. The molecule has 0 spiro atoms. The van der Waals surface area contributed by atoms with Crippen molar-refractivity contribution < 1.29 is 10.6 Å². The van der Waals surface area contributed by atoms with Gasteiger partial charge in [-0.15, -0.1) is 0 Å². The van der Waals surface area contributed by atoms with Crippen molar-refractivity contribution in [2.45, 2.75) is 32.6 Å². The molecule has 0 N–H and O–H groups in total. The molecule has 1 fully saturated rings. The van der Waals surface area contributed by atoms with Gasteiger partial charge in [0, 0.05) is 29.8 Å². The van der Waals surface area contributed by atoms with E-state index in [9.17, 15) is 4.79 Å². The number of aromatic nitrogens is 2. The van der Waals surface area contributed by atoms with Gasteiger partial charge in [0.1, 0.15) is 0 Å². The average Bonchev–Trinajstić information content (AvgIpc) is 3.11. The normalized spacial score (nSPS) is 16.0. The summed E-state index contributed by atoms with van der Waals surface area (Å²) in [6.45, 7) is 4.24. The van der Waals surface area contributed by atoms with Crippen molar-refractivity contribution >= 4 is 16.6 Å². The molecule has 0 radical (unpaired) electrons. The summed E-state index contributed by atoms with van der Waals surface area (Å²) in [6, 6.07) is 6.09. The van der Waals surface area contributed by atoms with Crippen LogP contribution in [0.5, 0.6) is 0 Å². The van der Waals surface area contributed by atoms with Gasteiger partial charge in [-0.2, -0.15) is 0 Å². The van der Waals surface area contributed by atoms with Gasteiger partial charge in [0.2, 0.25) is 0 Å². The number of aryl methyl sites for hydroxylation is 1. The standard InChI is InChI=1S/C21H23N3O2/c1-15-22-13-21(26-15)16-5-6-17-12-23-19(10-18(17)9-16)11-20(25)14-24-7-3-2-4-8-24/h5-6,9-10,12-13H,2-4,7-8,11,14H2,1H3/i10D. The van der Waals surface area contributed by atoms with Crippen molar-refractivity contribution in [1.82, 2.24) is 14.9 Å². The molecule has 5 heteroatoms. The van der Waals surface area contributed by atoms with Crippen LogP contribution in [0, 0.1) is 6.92 Å². The Labute approximate surface area is 154 Å². The van der Waals surface area contributed by atoms with Gasteiger partial charge in [-0.25, -0.2) is 4.98 Å². The zero-order valence-corrected chi connectivity index (χ0v) is 15.0. The second kappa shape index (κ2) is 7.38. The van der Waals surface area contributed by atoms with E-state index in [1.54, 1.807) is 19.3 Å². The first-order chi connectivity index (χ1) is 13.1. The van der Waals surface area contributed by atoms with Gasteiger partial charge in [0.05, 0.1) is 20.5 Å². The van der Waals surface area contributed by atoms with Crippen LogP contribution in [0.15, 0.2) is 41.1 Å². The highest BCUT2D eigenvalue weighted by molar-refractivity contribution is 5.88. The van der Waals surface area contributed by atoms with Crippen molar-refractivity contribution in [3.05, 3.63) is 48.2 Å². The number of oxazole rings is 1. The average molecular weight is 350 g/mol. The van der Waals surface area contributed by atoms with Crippen LogP contribution < -0.4 is 0 Å². The fourth-order valence-corrected chi connectivity index (χ4v) is 3.46. The van der Waals surface area contributed by atoms with Gasteiger partial charge < -0.3 is 4.42 Å². The second-order valence-electron chi connectivity index (χ2n) is 6.93. The molecule has 0 atom stereocenters. The Bertz CT molecular complexity index is 977. The molecule has 2 aromatic heterocycles. The first-order valence-electron chi connectivity index (χ1n) is 9.65. The Kier molecular flexibility index (Phi) is 4.46. The van der Waals surface area contributed by atoms with Crippen LogP contribution in [0.4, 0.5) is 0 Å². The van der Waals surface area contributed by atoms with Crippen molar-refractivity contribution in [3.8, 4) is 11.3 Å². The SMILES string of the molecule is [2H]c1c(CC(=O)CN2CCCCC2)ncc2ccc(-c3cnc(C)o3)cc12. The Balaban J connectivity index is 1.57. The van der Waals surface area contributed by atoms with E-state index in [4.69, 9.17) is 5.79 Å². The molecule has 0 saturated carbocycles. The summed E-state index contributed by atoms with van der Waals surface area (Å²) in [7, 11) is 0. The lowest BCUT2D eigenvalue weighted by molar-refractivity contribution is -0.119. The van der Waals surface area contributed by atoms with Crippen molar-refractivity contribution in [1.29, 1.82) is 0 Å². The number of rotatable bonds is 5. The first kappa shape index (κ1) is 15.7. The van der Waals surface area contributed by atoms with Gasteiger partial charge in [-0.05, 0) is 43.4 Å². The lowest BCUT2D eigenvalue weighted by atomic mass is 10.0. The number of likely N-dealkylation sites (tertiary alicyclic amines) is 1. The monoisotopic (exact) mass is 350 g/mol. The molecule has 0 bridgehead atoms. The lowest BCUT2D eigenvalue weighted by Gasteiger charge is -2.25. The zero-order valence-electron chi connectivity index (χ0n) is 16.0. The minimum absolute atomic E-state index is 0.124. The molecule has 3 heterocycles. The molecule has 1 saturated heterocycles. The summed E-state index contributed by atoms with van der Waals surface area (Å²) in [4.78, 5) is 23.2. The third-order valence-corrected chi connectivity index (χ3v) is 4.81. The fraction of sp³-hybridized carbons (Fsp3) is 0.381. The van der Waals surface area contributed by atoms with Gasteiger partial charge in [-0.1, -0.05) is 18.6 Å². The number of fused-ring (bicyclic) bond motifs is 1. The van der Waals surface area contributed by atoms with Crippen LogP contribution >= 0.6 is 0 Å². The molecule has 5 nitrogen and oxygen atoms in total. The van der Waals surface area contributed by atoms with Crippen LogP contribution in [-0.2, 0) is 11.2 Å². The number of ketones is 1. The van der Waals surface area contributed by atoms with Crippen LogP contribution in [0.25, 0.3) is 22.1 Å². The molecule has 3 aromatic rings. The summed E-state index contributed by atoms with van der Waals surface area (Å²) in [5, 5.41) is 1.66. The molecule has 1 aliphatic rings. The molecule has 0 amide bonds. The quantitative estimate of drug-likeness (QED) is 0.700. The number of benzene rings is 1. The number of hydrogen-bond acceptors (Lipinski definition) is 5. The summed E-state index contributed by atoms with van der Waals surface area (Å²) in [6.07, 6.45) is 7.21. The van der Waals surface area contributed by atoms with Crippen LogP contribution in [0.2, 0.25) is 0 Å². The molecule has 134 valence electrons. The number of hydrogen-bond donors (Lipinski definition) is 0. The molecule has 4 rings (SSSR count). The Hall–Kier alpha value is -2.53. The van der Waals surface area contributed by atoms with Gasteiger partial charge >= 0.3 is 0 Å². The molecule has 26 heavy (non-hydrogen) atoms. The summed E-state index contributed by atoms with van der Waals surface area (Å²) in [5.74, 6) is 1.41. The van der Waals surface area contributed by atoms with Gasteiger partial charge in [0.25, 0.3) is 0 Å². The Morgan fingerprint density at radius 3 is 2.81 bits per heavy atom. The lowest BCUT2D eigenvalue weighted by Crippen LogP contribution is -2.35. The summed E-state index contributed by atoms with van der Waals surface area (Å²) in [5.41, 5.74) is 1.41. The van der Waals surface area contributed by atoms with E-state index >= 15 is 0 Å². The number of pyridine rings is 1. The number of piperidine rings is 1. The van der Waals surface area contributed by atoms with E-state index in [2.05, 4.69) is 14.9 Å². The van der Waals surface area contributed by atoms with Crippen molar-refractivity contribution in [3.63, 3.8) is 0 Å². The van der Waals surface area contributed by atoms with E-state index in [-0.39, 0.29) is 12.2 Å². The highest BCUT2D eigenvalue weighted by atomic mass is 16.4. The second-order valence-corrected chi connectivity index (χ2v) is 6.93. The first-order valence-corrected chi connectivity index (χ1v) is 9.15. The van der Waals surface area contributed by atoms with Crippen LogP contribution in [0.3, 0.4) is 0 Å². The van der Waals surface area contributed by atoms with E-state index < -0.39 is 0 Å². The highest BCUT2D eigenvalue weighted by Crippen LogP contribution is 2.25. The predicted molar refractivity (Wildman–Crippen MR) is 101 cm³/mol. The van der Waals surface area contributed by atoms with E-state index in [1.807, 2.05) is 18.2 Å². The van der Waals surface area contributed by atoms with E-state index in [0.29, 0.717) is 29.9 Å². The smallest absolute Gasteiger partial charge is 0.191 e. The minimum Gasteiger partial charge on any atom is -0.441 e. The molecule has 1 aliphatic heterocycles. The van der Waals surface area contributed by atoms with Crippen LogP contribution in [0.1, 0.15) is 32.2 Å². The van der Waals surface area contributed by atoms with E-state index in [1.165, 1.54) is 6.42 Å². The summed E-state index contributed by atoms with van der Waals surface area (Å²) >= 11 is 0. The van der Waals surface area contributed by atoms with Gasteiger partial charge in [0.15, 0.2) is 17.4 Å². The fourth-order valence-electron chi connectivity index (χ4n) is 3.46. The third kappa shape index (κ3) is 3.83. The van der Waals surface area contributed by atoms with Gasteiger partial charge in [-0.3, -0.25) is 14.7 Å².